The van der Waals surface area contributed by atoms with Crippen LogP contribution in [0.3, 0.4) is 0 Å². The number of ether oxygens (including phenoxy) is 9. The SMILES string of the molecule is OC[C@H]1O[C@@H](O[C@@H]2[C@H](O)COC(O)(CO)[C@H]2O)[C@H](O)[C@@H](O)[C@@H]1O.OC[C@H]1O[C@@H](O[C@@H]2[C@H](O)COC(O)(CO)[C@H]2O)[C@H](O)[C@@H](O)[C@H]1O.OC[C@H]1O[C@H](O[C@@H]2[C@H](O)COC(O)(CO)[C@H]2O)[C@H](O)[C@@H](O)[C@@H]1O. The number of aliphatic hydroxyl groups excluding tert-OH is 21. The highest BCUT2D eigenvalue weighted by Crippen LogP contribution is 2.33. The second kappa shape index (κ2) is 25.3. The van der Waals surface area contributed by atoms with E-state index in [4.69, 9.17) is 73.3 Å². The molecular weight excluding hydrogens is 960 g/mol. The zero-order valence-corrected chi connectivity index (χ0v) is 36.1. The summed E-state index contributed by atoms with van der Waals surface area (Å²) in [6.07, 6.45) is -38.1. The van der Waals surface area contributed by atoms with Crippen LogP contribution in [0, 0.1) is 0 Å². The third kappa shape index (κ3) is 13.1. The first-order valence-electron chi connectivity index (χ1n) is 21.1. The molecular formula is C36H66O33. The molecule has 33 nitrogen and oxygen atoms in total. The molecule has 6 saturated heterocycles. The molecule has 27 atom stereocenters. The first kappa shape index (κ1) is 60.2. The zero-order chi connectivity index (χ0) is 52.1. The average molecular weight is 1030 g/mol. The summed E-state index contributed by atoms with van der Waals surface area (Å²) in [5.41, 5.74) is 0. The quantitative estimate of drug-likeness (QED) is 0.0863. The standard InChI is InChI=1S/3C12H22O11/c3*13-1-5-6(16)7(17)8(18)11(22-5)23-9-4(15)2-21-12(20,3-14)10(9)19/h3*4-11,13-20H,1-3H2/t4-,5-,6+,7+,8-,9-,10+,11+,12?;4-,5-,6-,7+,8-,9-,10+,11+,12?;4-,5-,6-,7+,8-,9-,10+,11-,12?/m111/s1. The minimum Gasteiger partial charge on any atom is -0.394 e. The fraction of sp³-hybridized carbons (Fsp3) is 1.00. The summed E-state index contributed by atoms with van der Waals surface area (Å²) in [4.78, 5) is 0. The summed E-state index contributed by atoms with van der Waals surface area (Å²) in [5.74, 6) is -7.13. The molecule has 6 rings (SSSR count). The lowest BCUT2D eigenvalue weighted by Gasteiger charge is -2.46. The monoisotopic (exact) mass is 1030 g/mol. The van der Waals surface area contributed by atoms with Crippen molar-refractivity contribution in [1.82, 2.24) is 0 Å². The highest BCUT2D eigenvalue weighted by molar-refractivity contribution is 4.98. The molecule has 3 unspecified atom stereocenters. The van der Waals surface area contributed by atoms with E-state index in [0.29, 0.717) is 0 Å². The number of hydrogen-bond donors (Lipinski definition) is 24. The van der Waals surface area contributed by atoms with Crippen LogP contribution in [0.15, 0.2) is 0 Å². The van der Waals surface area contributed by atoms with Crippen molar-refractivity contribution in [2.45, 2.75) is 164 Å². The van der Waals surface area contributed by atoms with E-state index in [2.05, 4.69) is 0 Å². The Morgan fingerprint density at radius 3 is 0.739 bits per heavy atom. The van der Waals surface area contributed by atoms with Gasteiger partial charge >= 0.3 is 0 Å². The molecule has 0 bridgehead atoms. The van der Waals surface area contributed by atoms with Gasteiger partial charge in [0.1, 0.15) is 128 Å². The fourth-order valence-corrected chi connectivity index (χ4v) is 7.55. The first-order valence-corrected chi connectivity index (χ1v) is 21.1. The van der Waals surface area contributed by atoms with E-state index in [1.54, 1.807) is 0 Å². The van der Waals surface area contributed by atoms with Gasteiger partial charge in [-0.25, -0.2) is 0 Å². The highest BCUT2D eigenvalue weighted by Gasteiger charge is 2.56. The van der Waals surface area contributed by atoms with Crippen LogP contribution >= 0.6 is 0 Å². The van der Waals surface area contributed by atoms with Crippen LogP contribution in [0.2, 0.25) is 0 Å². The molecule has 408 valence electrons. The Labute approximate surface area is 389 Å². The van der Waals surface area contributed by atoms with E-state index in [1.807, 2.05) is 0 Å². The van der Waals surface area contributed by atoms with E-state index in [9.17, 15) is 91.9 Å². The van der Waals surface area contributed by atoms with Crippen molar-refractivity contribution in [3.63, 3.8) is 0 Å². The van der Waals surface area contributed by atoms with Gasteiger partial charge in [0.05, 0.1) is 59.5 Å². The molecule has 33 heteroatoms. The summed E-state index contributed by atoms with van der Waals surface area (Å²) in [6, 6.07) is 0. The molecule has 0 aliphatic carbocycles. The topological polar surface area (TPSA) is 569 Å². The predicted octanol–water partition coefficient (Wildman–Crippen LogP) is -16.2. The molecule has 24 N–H and O–H groups in total. The van der Waals surface area contributed by atoms with Gasteiger partial charge < -0.3 is 165 Å². The van der Waals surface area contributed by atoms with Gasteiger partial charge in [0.15, 0.2) is 18.9 Å². The van der Waals surface area contributed by atoms with Crippen molar-refractivity contribution in [3.8, 4) is 0 Å². The fourth-order valence-electron chi connectivity index (χ4n) is 7.55. The summed E-state index contributed by atoms with van der Waals surface area (Å²) >= 11 is 0. The Morgan fingerprint density at radius 2 is 0.551 bits per heavy atom. The summed E-state index contributed by atoms with van der Waals surface area (Å²) in [6.45, 7) is -6.39. The van der Waals surface area contributed by atoms with Crippen LogP contribution < -0.4 is 0 Å². The van der Waals surface area contributed by atoms with Gasteiger partial charge in [-0.2, -0.15) is 0 Å². The minimum absolute atomic E-state index is 0.476. The lowest BCUT2D eigenvalue weighted by Crippen LogP contribution is -2.66. The van der Waals surface area contributed by atoms with Crippen LogP contribution in [0.25, 0.3) is 0 Å². The smallest absolute Gasteiger partial charge is 0.218 e. The summed E-state index contributed by atoms with van der Waals surface area (Å²) in [7, 11) is 0. The van der Waals surface area contributed by atoms with Crippen LogP contribution in [-0.4, -0.2) is 346 Å². The van der Waals surface area contributed by atoms with Crippen LogP contribution in [-0.2, 0) is 42.6 Å². The molecule has 0 radical (unpaired) electrons. The second-order valence-corrected chi connectivity index (χ2v) is 16.9. The van der Waals surface area contributed by atoms with E-state index < -0.39 is 224 Å². The second-order valence-electron chi connectivity index (χ2n) is 16.9. The third-order valence-electron chi connectivity index (χ3n) is 12.1. The number of hydrogen-bond acceptors (Lipinski definition) is 33. The van der Waals surface area contributed by atoms with E-state index >= 15 is 0 Å². The van der Waals surface area contributed by atoms with Gasteiger partial charge in [-0.1, -0.05) is 0 Å². The summed E-state index contributed by atoms with van der Waals surface area (Å²) in [5, 5.41) is 231. The Kier molecular flexibility index (Phi) is 22.1. The Bertz CT molecular complexity index is 1350. The van der Waals surface area contributed by atoms with Gasteiger partial charge in [0.25, 0.3) is 0 Å². The molecule has 0 saturated carbocycles. The van der Waals surface area contributed by atoms with E-state index in [1.165, 1.54) is 0 Å². The summed E-state index contributed by atoms with van der Waals surface area (Å²) < 4.78 is 45.2. The van der Waals surface area contributed by atoms with Gasteiger partial charge in [0, 0.05) is 0 Å². The molecule has 0 amide bonds. The van der Waals surface area contributed by atoms with E-state index in [0.717, 1.165) is 0 Å². The normalized spacial score (nSPS) is 51.7. The Hall–Kier alpha value is -1.32. The molecule has 6 heterocycles. The molecule has 6 aliphatic rings. The predicted molar refractivity (Wildman–Crippen MR) is 206 cm³/mol. The van der Waals surface area contributed by atoms with Crippen molar-refractivity contribution in [2.75, 3.05) is 59.5 Å². The minimum atomic E-state index is -2.38. The zero-order valence-electron chi connectivity index (χ0n) is 36.1. The van der Waals surface area contributed by atoms with Gasteiger partial charge in [-0.3, -0.25) is 0 Å². The first-order chi connectivity index (χ1) is 32.2. The lowest BCUT2D eigenvalue weighted by molar-refractivity contribution is -0.373. The molecule has 0 spiro atoms. The maximum atomic E-state index is 10.00. The maximum Gasteiger partial charge on any atom is 0.218 e. The number of aliphatic hydroxyl groups is 24. The average Bonchev–Trinajstić information content (AvgIpc) is 3.34. The van der Waals surface area contributed by atoms with Crippen molar-refractivity contribution >= 4 is 0 Å². The van der Waals surface area contributed by atoms with E-state index in [-0.39, 0.29) is 0 Å². The Balaban J connectivity index is 0.000000225. The molecule has 6 fully saturated rings. The molecule has 6 aliphatic heterocycles. The van der Waals surface area contributed by atoms with Crippen LogP contribution in [0.5, 0.6) is 0 Å². The van der Waals surface area contributed by atoms with Crippen molar-refractivity contribution < 1.29 is 165 Å². The van der Waals surface area contributed by atoms with Gasteiger partial charge in [-0.05, 0) is 0 Å². The van der Waals surface area contributed by atoms with Gasteiger partial charge in [-0.15, -0.1) is 0 Å². The number of rotatable bonds is 12. The van der Waals surface area contributed by atoms with Crippen LogP contribution in [0.4, 0.5) is 0 Å². The highest BCUT2D eigenvalue weighted by atomic mass is 16.8. The maximum absolute atomic E-state index is 10.00. The van der Waals surface area contributed by atoms with Crippen LogP contribution in [0.1, 0.15) is 0 Å². The molecule has 0 aromatic rings. The van der Waals surface area contributed by atoms with Crippen molar-refractivity contribution in [3.05, 3.63) is 0 Å². The largest absolute Gasteiger partial charge is 0.394 e. The van der Waals surface area contributed by atoms with Gasteiger partial charge in [0.2, 0.25) is 17.4 Å². The Morgan fingerprint density at radius 1 is 0.333 bits per heavy atom. The third-order valence-corrected chi connectivity index (χ3v) is 12.1. The molecule has 0 aromatic carbocycles. The van der Waals surface area contributed by atoms with Crippen molar-refractivity contribution in [2.24, 2.45) is 0 Å². The molecule has 0 aromatic heterocycles. The lowest BCUT2D eigenvalue weighted by atomic mass is 9.96. The van der Waals surface area contributed by atoms with Crippen molar-refractivity contribution in [1.29, 1.82) is 0 Å². The molecule has 69 heavy (non-hydrogen) atoms.